The predicted molar refractivity (Wildman–Crippen MR) is 74.1 cm³/mol. The lowest BCUT2D eigenvalue weighted by atomic mass is 10.3. The summed E-state index contributed by atoms with van der Waals surface area (Å²) in [5.74, 6) is -0.0419. The molecule has 0 unspecified atom stereocenters. The molecule has 0 atom stereocenters. The van der Waals surface area contributed by atoms with Gasteiger partial charge in [-0.2, -0.15) is 0 Å². The van der Waals surface area contributed by atoms with Gasteiger partial charge in [-0.25, -0.2) is 0 Å². The molecule has 102 valence electrons. The van der Waals surface area contributed by atoms with E-state index >= 15 is 0 Å². The highest BCUT2D eigenvalue weighted by molar-refractivity contribution is 7.16. The van der Waals surface area contributed by atoms with E-state index in [1.54, 1.807) is 17.0 Å². The number of nitro groups is 1. The molecule has 2 rings (SSSR count). The minimum atomic E-state index is -0.426. The predicted octanol–water partition coefficient (Wildman–Crippen LogP) is 1.49. The SMILES string of the molecule is O=C(/C=C/c1ccc([N+](=O)[O-])s1)N1CCCNCC1. The molecule has 2 heterocycles. The zero-order valence-electron chi connectivity index (χ0n) is 10.4. The number of rotatable bonds is 3. The second-order valence-electron chi connectivity index (χ2n) is 4.20. The molecule has 0 aliphatic carbocycles. The third-order valence-electron chi connectivity index (χ3n) is 2.83. The Bertz CT molecular complexity index is 490. The van der Waals surface area contributed by atoms with Crippen molar-refractivity contribution in [2.75, 3.05) is 26.2 Å². The summed E-state index contributed by atoms with van der Waals surface area (Å²) in [4.78, 5) is 24.6. The highest BCUT2D eigenvalue weighted by Gasteiger charge is 2.13. The Labute approximate surface area is 114 Å². The zero-order chi connectivity index (χ0) is 13.7. The van der Waals surface area contributed by atoms with E-state index < -0.39 is 4.92 Å². The fraction of sp³-hybridized carbons (Fsp3) is 0.417. The standard InChI is InChI=1S/C12H15N3O3S/c16-11(14-8-1-6-13-7-9-14)4-2-10-3-5-12(19-10)15(17)18/h2-5,13H,1,6-9H2/b4-2+. The summed E-state index contributed by atoms with van der Waals surface area (Å²) in [6, 6.07) is 3.10. The smallest absolute Gasteiger partial charge is 0.324 e. The molecule has 19 heavy (non-hydrogen) atoms. The Morgan fingerprint density at radius 2 is 2.26 bits per heavy atom. The molecule has 0 radical (unpaired) electrons. The second-order valence-corrected chi connectivity index (χ2v) is 5.29. The van der Waals surface area contributed by atoms with Gasteiger partial charge in [-0.05, 0) is 25.1 Å². The Balaban J connectivity index is 1.96. The topological polar surface area (TPSA) is 75.5 Å². The number of carbonyl (C=O) groups excluding carboxylic acids is 1. The van der Waals surface area contributed by atoms with Gasteiger partial charge < -0.3 is 10.2 Å². The van der Waals surface area contributed by atoms with E-state index in [0.29, 0.717) is 11.4 Å². The Hall–Kier alpha value is -1.73. The van der Waals surface area contributed by atoms with Gasteiger partial charge in [-0.15, -0.1) is 0 Å². The monoisotopic (exact) mass is 281 g/mol. The summed E-state index contributed by atoms with van der Waals surface area (Å²) in [6.45, 7) is 3.20. The van der Waals surface area contributed by atoms with Crippen LogP contribution < -0.4 is 5.32 Å². The average Bonchev–Trinajstić information content (AvgIpc) is 2.70. The highest BCUT2D eigenvalue weighted by atomic mass is 32.1. The van der Waals surface area contributed by atoms with Crippen LogP contribution in [0.5, 0.6) is 0 Å². The van der Waals surface area contributed by atoms with E-state index in [9.17, 15) is 14.9 Å². The molecule has 0 saturated carbocycles. The van der Waals surface area contributed by atoms with Gasteiger partial charge in [-0.1, -0.05) is 11.3 Å². The average molecular weight is 281 g/mol. The van der Waals surface area contributed by atoms with Crippen LogP contribution >= 0.6 is 11.3 Å². The van der Waals surface area contributed by atoms with E-state index in [-0.39, 0.29) is 10.9 Å². The molecule has 1 saturated heterocycles. The molecule has 0 bridgehead atoms. The maximum Gasteiger partial charge on any atom is 0.324 e. The lowest BCUT2D eigenvalue weighted by Crippen LogP contribution is -2.32. The van der Waals surface area contributed by atoms with Crippen LogP contribution in [0.15, 0.2) is 18.2 Å². The van der Waals surface area contributed by atoms with Gasteiger partial charge in [0.15, 0.2) is 0 Å². The van der Waals surface area contributed by atoms with Crippen molar-refractivity contribution in [3.05, 3.63) is 33.2 Å². The number of nitrogens with zero attached hydrogens (tertiary/aromatic N) is 2. The summed E-state index contributed by atoms with van der Waals surface area (Å²) in [7, 11) is 0. The van der Waals surface area contributed by atoms with E-state index in [0.717, 1.165) is 37.4 Å². The summed E-state index contributed by atoms with van der Waals surface area (Å²) < 4.78 is 0. The van der Waals surface area contributed by atoms with Crippen LogP contribution in [-0.2, 0) is 4.79 Å². The molecule has 1 aromatic rings. The van der Waals surface area contributed by atoms with E-state index in [1.807, 2.05) is 0 Å². The third kappa shape index (κ3) is 3.87. The van der Waals surface area contributed by atoms with Crippen molar-refractivity contribution in [3.8, 4) is 0 Å². The molecule has 0 spiro atoms. The molecular weight excluding hydrogens is 266 g/mol. The number of carbonyl (C=O) groups is 1. The Morgan fingerprint density at radius 3 is 3.00 bits per heavy atom. The Morgan fingerprint density at radius 1 is 1.42 bits per heavy atom. The molecule has 1 amide bonds. The van der Waals surface area contributed by atoms with Crippen molar-refractivity contribution in [1.82, 2.24) is 10.2 Å². The molecule has 1 aliphatic rings. The third-order valence-corrected chi connectivity index (χ3v) is 3.84. The lowest BCUT2D eigenvalue weighted by Gasteiger charge is -2.17. The minimum Gasteiger partial charge on any atom is -0.338 e. The molecule has 1 fully saturated rings. The van der Waals surface area contributed by atoms with Gasteiger partial charge in [-0.3, -0.25) is 14.9 Å². The van der Waals surface area contributed by atoms with Crippen LogP contribution in [0, 0.1) is 10.1 Å². The zero-order valence-corrected chi connectivity index (χ0v) is 11.2. The molecule has 0 aromatic carbocycles. The quantitative estimate of drug-likeness (QED) is 0.517. The Kier molecular flexibility index (Phi) is 4.64. The van der Waals surface area contributed by atoms with Crippen LogP contribution in [0.4, 0.5) is 5.00 Å². The van der Waals surface area contributed by atoms with E-state index in [4.69, 9.17) is 0 Å². The van der Waals surface area contributed by atoms with Crippen LogP contribution in [0.25, 0.3) is 6.08 Å². The van der Waals surface area contributed by atoms with E-state index in [2.05, 4.69) is 5.32 Å². The van der Waals surface area contributed by atoms with Gasteiger partial charge in [0.2, 0.25) is 5.91 Å². The second kappa shape index (κ2) is 6.44. The first-order chi connectivity index (χ1) is 9.16. The first-order valence-electron chi connectivity index (χ1n) is 6.09. The van der Waals surface area contributed by atoms with Gasteiger partial charge in [0.1, 0.15) is 0 Å². The fourth-order valence-electron chi connectivity index (χ4n) is 1.85. The van der Waals surface area contributed by atoms with Crippen molar-refractivity contribution in [3.63, 3.8) is 0 Å². The lowest BCUT2D eigenvalue weighted by molar-refractivity contribution is -0.380. The molecule has 7 heteroatoms. The van der Waals surface area contributed by atoms with Gasteiger partial charge in [0.25, 0.3) is 0 Å². The van der Waals surface area contributed by atoms with Crippen LogP contribution in [0.3, 0.4) is 0 Å². The molecular formula is C12H15N3O3S. The van der Waals surface area contributed by atoms with Crippen molar-refractivity contribution in [2.24, 2.45) is 0 Å². The molecule has 1 aromatic heterocycles. The summed E-state index contributed by atoms with van der Waals surface area (Å²) in [5, 5.41) is 13.9. The van der Waals surface area contributed by atoms with Crippen molar-refractivity contribution >= 4 is 28.3 Å². The fourth-order valence-corrected chi connectivity index (χ4v) is 2.58. The summed E-state index contributed by atoms with van der Waals surface area (Å²) >= 11 is 1.06. The number of hydrogen-bond donors (Lipinski definition) is 1. The van der Waals surface area contributed by atoms with Crippen LogP contribution in [0.1, 0.15) is 11.3 Å². The van der Waals surface area contributed by atoms with Crippen molar-refractivity contribution < 1.29 is 9.72 Å². The van der Waals surface area contributed by atoms with Crippen molar-refractivity contribution in [1.29, 1.82) is 0 Å². The molecule has 1 aliphatic heterocycles. The van der Waals surface area contributed by atoms with Crippen LogP contribution in [-0.4, -0.2) is 41.9 Å². The minimum absolute atomic E-state index is 0.0419. The highest BCUT2D eigenvalue weighted by Crippen LogP contribution is 2.24. The number of hydrogen-bond acceptors (Lipinski definition) is 5. The van der Waals surface area contributed by atoms with Crippen molar-refractivity contribution in [2.45, 2.75) is 6.42 Å². The van der Waals surface area contributed by atoms with Gasteiger partial charge in [0, 0.05) is 36.7 Å². The first kappa shape index (κ1) is 13.7. The number of thiophene rings is 1. The number of amides is 1. The maximum absolute atomic E-state index is 11.9. The number of nitrogens with one attached hydrogen (secondary N) is 1. The van der Waals surface area contributed by atoms with Gasteiger partial charge >= 0.3 is 5.00 Å². The summed E-state index contributed by atoms with van der Waals surface area (Å²) in [6.07, 6.45) is 4.07. The normalized spacial score (nSPS) is 16.5. The van der Waals surface area contributed by atoms with Gasteiger partial charge in [0.05, 0.1) is 4.92 Å². The summed E-state index contributed by atoms with van der Waals surface area (Å²) in [5.41, 5.74) is 0. The first-order valence-corrected chi connectivity index (χ1v) is 6.90. The molecule has 6 nitrogen and oxygen atoms in total. The maximum atomic E-state index is 11.9. The largest absolute Gasteiger partial charge is 0.338 e. The van der Waals surface area contributed by atoms with Crippen LogP contribution in [0.2, 0.25) is 0 Å². The molecule has 1 N–H and O–H groups in total. The van der Waals surface area contributed by atoms with E-state index in [1.165, 1.54) is 12.1 Å².